The average molecular weight is 306 g/mol. The van der Waals surface area contributed by atoms with Crippen LogP contribution in [0.4, 0.5) is 0 Å². The molecule has 1 aromatic carbocycles. The van der Waals surface area contributed by atoms with Gasteiger partial charge in [0.1, 0.15) is 0 Å². The lowest BCUT2D eigenvalue weighted by Gasteiger charge is -2.35. The molecule has 2 atom stereocenters. The van der Waals surface area contributed by atoms with Crippen LogP contribution in [0, 0.1) is 0 Å². The van der Waals surface area contributed by atoms with Crippen molar-refractivity contribution in [3.05, 3.63) is 35.2 Å². The smallest absolute Gasteiger partial charge is 0.0590 e. The lowest BCUT2D eigenvalue weighted by molar-refractivity contribution is 0.0909. The van der Waals surface area contributed by atoms with Crippen molar-refractivity contribution in [2.24, 2.45) is 5.73 Å². The van der Waals surface area contributed by atoms with Gasteiger partial charge in [-0.25, -0.2) is 0 Å². The molecule has 1 heterocycles. The van der Waals surface area contributed by atoms with Crippen LogP contribution in [0.2, 0.25) is 0 Å². The zero-order valence-corrected chi connectivity index (χ0v) is 14.0. The Balaban J connectivity index is 2.34. The Hall–Kier alpha value is -0.940. The van der Waals surface area contributed by atoms with Gasteiger partial charge in [-0.15, -0.1) is 11.3 Å². The van der Waals surface area contributed by atoms with Crippen LogP contribution in [0.5, 0.6) is 0 Å². The molecule has 0 saturated heterocycles. The molecule has 1 aromatic heterocycles. The van der Waals surface area contributed by atoms with E-state index in [-0.39, 0.29) is 6.04 Å². The Labute approximate surface area is 131 Å². The Kier molecular flexibility index (Phi) is 6.18. The van der Waals surface area contributed by atoms with Crippen molar-refractivity contribution in [2.45, 2.75) is 32.4 Å². The summed E-state index contributed by atoms with van der Waals surface area (Å²) in [6.07, 6.45) is 1.11. The van der Waals surface area contributed by atoms with E-state index in [1.165, 1.54) is 15.6 Å². The second kappa shape index (κ2) is 7.90. The van der Waals surface area contributed by atoms with Gasteiger partial charge < -0.3 is 10.5 Å². The first-order chi connectivity index (χ1) is 10.2. The molecular weight excluding hydrogens is 280 g/mol. The number of hydrogen-bond acceptors (Lipinski definition) is 4. The van der Waals surface area contributed by atoms with Gasteiger partial charge >= 0.3 is 0 Å². The van der Waals surface area contributed by atoms with Crippen LogP contribution < -0.4 is 5.73 Å². The summed E-state index contributed by atoms with van der Waals surface area (Å²) >= 11 is 1.80. The van der Waals surface area contributed by atoms with Crippen LogP contribution in [0.1, 0.15) is 31.9 Å². The Morgan fingerprint density at radius 3 is 2.76 bits per heavy atom. The molecule has 0 aliphatic carbocycles. The zero-order chi connectivity index (χ0) is 15.2. The highest BCUT2D eigenvalue weighted by Gasteiger charge is 2.25. The quantitative estimate of drug-likeness (QED) is 0.809. The summed E-state index contributed by atoms with van der Waals surface area (Å²) < 4.78 is 6.62. The third-order valence-electron chi connectivity index (χ3n) is 4.20. The molecule has 2 N–H and O–H groups in total. The van der Waals surface area contributed by atoms with E-state index in [1.54, 1.807) is 18.4 Å². The highest BCUT2D eigenvalue weighted by Crippen LogP contribution is 2.33. The molecule has 2 rings (SSSR count). The average Bonchev–Trinajstić information content (AvgIpc) is 2.94. The predicted octanol–water partition coefficient (Wildman–Crippen LogP) is 3.65. The first kappa shape index (κ1) is 16.4. The largest absolute Gasteiger partial charge is 0.383 e. The maximum Gasteiger partial charge on any atom is 0.0590 e. The molecule has 0 amide bonds. The molecule has 0 bridgehead atoms. The third kappa shape index (κ3) is 3.64. The van der Waals surface area contributed by atoms with Gasteiger partial charge in [-0.3, -0.25) is 4.90 Å². The van der Waals surface area contributed by atoms with E-state index in [1.807, 2.05) is 0 Å². The van der Waals surface area contributed by atoms with Crippen LogP contribution in [-0.2, 0) is 4.74 Å². The van der Waals surface area contributed by atoms with E-state index >= 15 is 0 Å². The van der Waals surface area contributed by atoms with Crippen molar-refractivity contribution in [3.8, 4) is 0 Å². The van der Waals surface area contributed by atoms with E-state index in [9.17, 15) is 0 Å². The number of methoxy groups -OCH3 is 1. The number of fused-ring (bicyclic) bond motifs is 1. The fourth-order valence-electron chi connectivity index (χ4n) is 2.81. The summed E-state index contributed by atoms with van der Waals surface area (Å²) in [6, 6.07) is 9.33. The number of hydrogen-bond donors (Lipinski definition) is 1. The second-order valence-corrected chi connectivity index (χ2v) is 6.34. The minimum atomic E-state index is 0.256. The van der Waals surface area contributed by atoms with Crippen LogP contribution >= 0.6 is 11.3 Å². The molecule has 0 aliphatic rings. The van der Waals surface area contributed by atoms with E-state index in [0.717, 1.165) is 19.6 Å². The molecule has 0 aliphatic heterocycles. The highest BCUT2D eigenvalue weighted by atomic mass is 32.1. The Morgan fingerprint density at radius 1 is 1.33 bits per heavy atom. The van der Waals surface area contributed by atoms with E-state index < -0.39 is 0 Å². The molecular formula is C17H26N2OS. The fraction of sp³-hybridized carbons (Fsp3) is 0.529. The number of ether oxygens (including phenoxy) is 1. The third-order valence-corrected chi connectivity index (χ3v) is 5.19. The lowest BCUT2D eigenvalue weighted by Crippen LogP contribution is -2.41. The van der Waals surface area contributed by atoms with Crippen LogP contribution in [0.15, 0.2) is 29.6 Å². The molecule has 0 saturated carbocycles. The number of rotatable bonds is 8. The molecule has 0 fully saturated rings. The van der Waals surface area contributed by atoms with Gasteiger partial charge in [0.05, 0.1) is 6.61 Å². The van der Waals surface area contributed by atoms with Gasteiger partial charge in [0, 0.05) is 37.0 Å². The van der Waals surface area contributed by atoms with E-state index in [4.69, 9.17) is 10.5 Å². The number of nitrogens with zero attached hydrogens (tertiary/aromatic N) is 1. The Morgan fingerprint density at radius 2 is 2.10 bits per heavy atom. The van der Waals surface area contributed by atoms with Gasteiger partial charge in [-0.2, -0.15) is 0 Å². The molecule has 3 nitrogen and oxygen atoms in total. The molecule has 0 radical (unpaired) electrons. The maximum atomic E-state index is 6.14. The highest BCUT2D eigenvalue weighted by molar-refractivity contribution is 7.17. The Bertz CT molecular complexity index is 554. The standard InChI is InChI=1S/C17H26N2OS/c1-4-13(2)19(9-10-20-3)16(11-18)15-12-21-17-8-6-5-7-14(15)17/h5-8,12-13,16H,4,9-11,18H2,1-3H3. The molecule has 4 heteroatoms. The van der Waals surface area contributed by atoms with E-state index in [2.05, 4.69) is 48.4 Å². The van der Waals surface area contributed by atoms with Crippen molar-refractivity contribution in [1.29, 1.82) is 0 Å². The lowest BCUT2D eigenvalue weighted by atomic mass is 10.0. The molecule has 2 unspecified atom stereocenters. The van der Waals surface area contributed by atoms with Gasteiger partial charge in [-0.05, 0) is 35.7 Å². The minimum Gasteiger partial charge on any atom is -0.383 e. The summed E-state index contributed by atoms with van der Waals surface area (Å²) in [6.45, 7) is 6.78. The van der Waals surface area contributed by atoms with Crippen LogP contribution in [-0.4, -0.2) is 37.7 Å². The first-order valence-corrected chi connectivity index (χ1v) is 8.51. The SMILES string of the molecule is CCC(C)N(CCOC)C(CN)c1csc2ccccc12. The summed E-state index contributed by atoms with van der Waals surface area (Å²) in [5, 5.41) is 3.60. The molecule has 116 valence electrons. The number of thiophene rings is 1. The summed E-state index contributed by atoms with van der Waals surface area (Å²) in [7, 11) is 1.76. The number of benzene rings is 1. The molecule has 2 aromatic rings. The van der Waals surface area contributed by atoms with Crippen molar-refractivity contribution >= 4 is 21.4 Å². The van der Waals surface area contributed by atoms with Gasteiger partial charge in [0.15, 0.2) is 0 Å². The monoisotopic (exact) mass is 306 g/mol. The first-order valence-electron chi connectivity index (χ1n) is 7.63. The normalized spacial score (nSPS) is 14.7. The van der Waals surface area contributed by atoms with Crippen molar-refractivity contribution in [3.63, 3.8) is 0 Å². The minimum absolute atomic E-state index is 0.256. The number of nitrogens with two attached hydrogens (primary N) is 1. The van der Waals surface area contributed by atoms with Gasteiger partial charge in [-0.1, -0.05) is 25.1 Å². The fourth-order valence-corrected chi connectivity index (χ4v) is 3.82. The van der Waals surface area contributed by atoms with Crippen LogP contribution in [0.25, 0.3) is 10.1 Å². The van der Waals surface area contributed by atoms with Gasteiger partial charge in [0.25, 0.3) is 0 Å². The van der Waals surface area contributed by atoms with Crippen molar-refractivity contribution in [2.75, 3.05) is 26.8 Å². The summed E-state index contributed by atoms with van der Waals surface area (Å²) in [5.74, 6) is 0. The molecule has 21 heavy (non-hydrogen) atoms. The summed E-state index contributed by atoms with van der Waals surface area (Å²) in [5.41, 5.74) is 7.50. The van der Waals surface area contributed by atoms with E-state index in [0.29, 0.717) is 12.6 Å². The topological polar surface area (TPSA) is 38.5 Å². The summed E-state index contributed by atoms with van der Waals surface area (Å²) in [4.78, 5) is 2.48. The molecule has 0 spiro atoms. The van der Waals surface area contributed by atoms with Gasteiger partial charge in [0.2, 0.25) is 0 Å². The second-order valence-electron chi connectivity index (χ2n) is 5.43. The maximum absolute atomic E-state index is 6.14. The van der Waals surface area contributed by atoms with Crippen molar-refractivity contribution < 1.29 is 4.74 Å². The predicted molar refractivity (Wildman–Crippen MR) is 92.0 cm³/mol. The van der Waals surface area contributed by atoms with Crippen LogP contribution in [0.3, 0.4) is 0 Å². The van der Waals surface area contributed by atoms with Crippen molar-refractivity contribution in [1.82, 2.24) is 4.90 Å². The zero-order valence-electron chi connectivity index (χ0n) is 13.2.